The van der Waals surface area contributed by atoms with E-state index in [9.17, 15) is 9.59 Å². The normalized spacial score (nSPS) is 33.1. The van der Waals surface area contributed by atoms with Crippen LogP contribution in [0.15, 0.2) is 0 Å². The summed E-state index contributed by atoms with van der Waals surface area (Å²) in [5.41, 5.74) is 0. The molecule has 1 aliphatic heterocycles. The fraction of sp³-hybridized carbons (Fsp3) is 0.867. The van der Waals surface area contributed by atoms with E-state index in [0.29, 0.717) is 37.4 Å². The lowest BCUT2D eigenvalue weighted by Crippen LogP contribution is -2.50. The topological polar surface area (TPSA) is 69.6 Å². The molecule has 1 saturated heterocycles. The molecule has 0 aromatic rings. The van der Waals surface area contributed by atoms with E-state index in [4.69, 9.17) is 5.11 Å². The zero-order valence-electron chi connectivity index (χ0n) is 12.6. The van der Waals surface area contributed by atoms with Crippen LogP contribution in [0.4, 0.5) is 4.79 Å². The Morgan fingerprint density at radius 1 is 1.30 bits per heavy atom. The summed E-state index contributed by atoms with van der Waals surface area (Å²) in [5.74, 6) is 0.305. The number of carbonyl (C=O) groups is 2. The Morgan fingerprint density at radius 2 is 2.00 bits per heavy atom. The molecule has 1 aliphatic carbocycles. The zero-order chi connectivity index (χ0) is 14.9. The highest BCUT2D eigenvalue weighted by Crippen LogP contribution is 2.36. The Labute approximate surface area is 120 Å². The van der Waals surface area contributed by atoms with E-state index in [2.05, 4.69) is 19.2 Å². The molecule has 2 aliphatic rings. The van der Waals surface area contributed by atoms with Gasteiger partial charge >= 0.3 is 12.0 Å². The third-order valence-corrected chi connectivity index (χ3v) is 4.30. The Bertz CT molecular complexity index is 383. The molecule has 0 radical (unpaired) electrons. The van der Waals surface area contributed by atoms with Crippen LogP contribution in [0.3, 0.4) is 0 Å². The summed E-state index contributed by atoms with van der Waals surface area (Å²) in [6.07, 6.45) is 2.88. The molecule has 1 saturated carbocycles. The van der Waals surface area contributed by atoms with Gasteiger partial charge in [-0.25, -0.2) is 4.79 Å². The molecule has 0 aromatic carbocycles. The Hall–Kier alpha value is -1.26. The minimum absolute atomic E-state index is 0.0842. The summed E-state index contributed by atoms with van der Waals surface area (Å²) in [6.45, 7) is 7.40. The predicted molar refractivity (Wildman–Crippen MR) is 76.4 cm³/mol. The first-order chi connectivity index (χ1) is 9.36. The first-order valence-corrected chi connectivity index (χ1v) is 7.65. The van der Waals surface area contributed by atoms with Crippen molar-refractivity contribution in [3.63, 3.8) is 0 Å². The van der Waals surface area contributed by atoms with Crippen molar-refractivity contribution in [2.75, 3.05) is 13.1 Å². The molecule has 5 nitrogen and oxygen atoms in total. The fourth-order valence-electron chi connectivity index (χ4n) is 3.24. The second-order valence-corrected chi connectivity index (χ2v) is 6.96. The van der Waals surface area contributed by atoms with Gasteiger partial charge in [0.1, 0.15) is 0 Å². The first kappa shape index (κ1) is 15.1. The quantitative estimate of drug-likeness (QED) is 0.830. The summed E-state index contributed by atoms with van der Waals surface area (Å²) >= 11 is 0. The highest BCUT2D eigenvalue weighted by molar-refractivity contribution is 5.77. The number of urea groups is 1. The Balaban J connectivity index is 1.82. The molecule has 4 atom stereocenters. The third kappa shape index (κ3) is 3.87. The van der Waals surface area contributed by atoms with Crippen molar-refractivity contribution in [2.45, 2.75) is 46.1 Å². The summed E-state index contributed by atoms with van der Waals surface area (Å²) in [7, 11) is 0. The minimum Gasteiger partial charge on any atom is -0.481 e. The van der Waals surface area contributed by atoms with E-state index in [1.165, 1.54) is 0 Å². The van der Waals surface area contributed by atoms with Gasteiger partial charge in [-0.3, -0.25) is 4.79 Å². The van der Waals surface area contributed by atoms with Gasteiger partial charge < -0.3 is 15.3 Å². The zero-order valence-corrected chi connectivity index (χ0v) is 12.6. The number of aliphatic carboxylic acids is 1. The number of likely N-dealkylation sites (tertiary alicyclic amines) is 1. The number of hydrogen-bond acceptors (Lipinski definition) is 2. The number of rotatable bonds is 4. The minimum atomic E-state index is -0.793. The molecule has 5 heteroatoms. The molecule has 2 amide bonds. The molecule has 0 spiro atoms. The van der Waals surface area contributed by atoms with Crippen molar-refractivity contribution in [2.24, 2.45) is 23.7 Å². The van der Waals surface area contributed by atoms with Crippen LogP contribution in [0.25, 0.3) is 0 Å². The second-order valence-electron chi connectivity index (χ2n) is 6.96. The molecule has 2 N–H and O–H groups in total. The van der Waals surface area contributed by atoms with E-state index in [1.54, 1.807) is 4.90 Å². The second kappa shape index (κ2) is 6.02. The standard InChI is InChI=1S/C15H26N2O3/c1-9(2)4-11-6-13(11)16-15(20)17-7-10(3)5-12(8-17)14(18)19/h9-13H,4-8H2,1-3H3,(H,16,20)(H,18,19)/t10?,11-,12?,13-/m1/s1. The molecular formula is C15H26N2O3. The largest absolute Gasteiger partial charge is 0.481 e. The Kier molecular flexibility index (Phi) is 4.55. The molecule has 114 valence electrons. The average molecular weight is 282 g/mol. The average Bonchev–Trinajstić information content (AvgIpc) is 3.05. The van der Waals surface area contributed by atoms with Gasteiger partial charge in [0, 0.05) is 19.1 Å². The maximum absolute atomic E-state index is 12.2. The van der Waals surface area contributed by atoms with Crippen LogP contribution in [0.2, 0.25) is 0 Å². The van der Waals surface area contributed by atoms with Crippen molar-refractivity contribution in [3.8, 4) is 0 Å². The van der Waals surface area contributed by atoms with Gasteiger partial charge in [-0.05, 0) is 37.0 Å². The van der Waals surface area contributed by atoms with Crippen LogP contribution in [0.5, 0.6) is 0 Å². The van der Waals surface area contributed by atoms with Gasteiger partial charge in [0.05, 0.1) is 5.92 Å². The number of nitrogens with one attached hydrogen (secondary N) is 1. The van der Waals surface area contributed by atoms with E-state index in [-0.39, 0.29) is 11.9 Å². The lowest BCUT2D eigenvalue weighted by molar-refractivity contribution is -0.143. The molecule has 2 fully saturated rings. The van der Waals surface area contributed by atoms with E-state index in [1.807, 2.05) is 6.92 Å². The monoisotopic (exact) mass is 282 g/mol. The summed E-state index contributed by atoms with van der Waals surface area (Å²) in [5, 5.41) is 12.2. The van der Waals surface area contributed by atoms with Gasteiger partial charge in [0.2, 0.25) is 0 Å². The Morgan fingerprint density at radius 3 is 2.60 bits per heavy atom. The number of carbonyl (C=O) groups excluding carboxylic acids is 1. The van der Waals surface area contributed by atoms with Crippen LogP contribution in [0, 0.1) is 23.7 Å². The SMILES string of the molecule is CC(C)C[C@@H]1C[C@H]1NC(=O)N1CC(C)CC(C(=O)O)C1. The molecule has 1 heterocycles. The fourth-order valence-corrected chi connectivity index (χ4v) is 3.24. The number of amides is 2. The van der Waals surface area contributed by atoms with Crippen molar-refractivity contribution in [1.82, 2.24) is 10.2 Å². The van der Waals surface area contributed by atoms with Crippen molar-refractivity contribution in [3.05, 3.63) is 0 Å². The van der Waals surface area contributed by atoms with E-state index < -0.39 is 11.9 Å². The summed E-state index contributed by atoms with van der Waals surface area (Å²) in [6, 6.07) is 0.212. The summed E-state index contributed by atoms with van der Waals surface area (Å²) in [4.78, 5) is 25.0. The van der Waals surface area contributed by atoms with E-state index >= 15 is 0 Å². The van der Waals surface area contributed by atoms with Gasteiger partial charge in [0.25, 0.3) is 0 Å². The van der Waals surface area contributed by atoms with Crippen LogP contribution in [0.1, 0.15) is 40.0 Å². The number of carboxylic acids is 1. The molecule has 20 heavy (non-hydrogen) atoms. The number of carboxylic acid groups (broad SMARTS) is 1. The molecule has 0 aromatic heterocycles. The first-order valence-electron chi connectivity index (χ1n) is 7.65. The smallest absolute Gasteiger partial charge is 0.317 e. The predicted octanol–water partition coefficient (Wildman–Crippen LogP) is 2.17. The highest BCUT2D eigenvalue weighted by Gasteiger charge is 2.40. The number of hydrogen-bond donors (Lipinski definition) is 2. The molecule has 0 bridgehead atoms. The lowest BCUT2D eigenvalue weighted by atomic mass is 9.91. The number of piperidine rings is 1. The van der Waals surface area contributed by atoms with Crippen molar-refractivity contribution < 1.29 is 14.7 Å². The highest BCUT2D eigenvalue weighted by atomic mass is 16.4. The van der Waals surface area contributed by atoms with Gasteiger partial charge in [-0.1, -0.05) is 20.8 Å². The maximum Gasteiger partial charge on any atom is 0.317 e. The van der Waals surface area contributed by atoms with Crippen molar-refractivity contribution >= 4 is 12.0 Å². The van der Waals surface area contributed by atoms with Crippen LogP contribution in [-0.2, 0) is 4.79 Å². The van der Waals surface area contributed by atoms with Crippen LogP contribution < -0.4 is 5.32 Å². The maximum atomic E-state index is 12.2. The molecular weight excluding hydrogens is 256 g/mol. The van der Waals surface area contributed by atoms with Crippen LogP contribution >= 0.6 is 0 Å². The van der Waals surface area contributed by atoms with Crippen LogP contribution in [-0.4, -0.2) is 41.1 Å². The molecule has 2 unspecified atom stereocenters. The van der Waals surface area contributed by atoms with E-state index in [0.717, 1.165) is 12.8 Å². The lowest BCUT2D eigenvalue weighted by Gasteiger charge is -2.34. The van der Waals surface area contributed by atoms with Gasteiger partial charge in [-0.2, -0.15) is 0 Å². The van der Waals surface area contributed by atoms with Gasteiger partial charge in [0.15, 0.2) is 0 Å². The number of nitrogens with zero attached hydrogens (tertiary/aromatic N) is 1. The third-order valence-electron chi connectivity index (χ3n) is 4.30. The molecule has 2 rings (SSSR count). The van der Waals surface area contributed by atoms with Gasteiger partial charge in [-0.15, -0.1) is 0 Å². The summed E-state index contributed by atoms with van der Waals surface area (Å²) < 4.78 is 0. The van der Waals surface area contributed by atoms with Crippen molar-refractivity contribution in [1.29, 1.82) is 0 Å².